The molecule has 168 valence electrons. The van der Waals surface area contributed by atoms with E-state index in [0.717, 1.165) is 11.1 Å². The number of phenols is 1. The number of carbonyl (C=O) groups excluding carboxylic acids is 2. The van der Waals surface area contributed by atoms with Gasteiger partial charge in [-0.15, -0.1) is 0 Å². The monoisotopic (exact) mass is 464 g/mol. The van der Waals surface area contributed by atoms with Gasteiger partial charge in [0.2, 0.25) is 5.75 Å². The summed E-state index contributed by atoms with van der Waals surface area (Å²) < 4.78 is 10.4. The molecule has 0 spiro atoms. The minimum atomic E-state index is -0.497. The van der Waals surface area contributed by atoms with Crippen molar-refractivity contribution in [2.45, 2.75) is 6.54 Å². The van der Waals surface area contributed by atoms with E-state index in [0.29, 0.717) is 39.6 Å². The standard InChI is InChI=1S/C25H21ClN2O5/c1-32-22-10-14(9-21(29)23(22)33-2)12-27-13-20-19-11-16(15-3-6-17(26)7-4-15)5-8-18(19)24(30)28-25(20)31/h3-11,13,27,29H,12H2,1-2H3,(H,28,30,31)/b20-13-. The second kappa shape index (κ2) is 9.26. The summed E-state index contributed by atoms with van der Waals surface area (Å²) >= 11 is 5.98. The zero-order chi connectivity index (χ0) is 23.5. The number of halogens is 1. The molecular formula is C25H21ClN2O5. The number of ether oxygens (including phenoxy) is 2. The summed E-state index contributed by atoms with van der Waals surface area (Å²) in [5, 5.41) is 16.2. The van der Waals surface area contributed by atoms with E-state index in [1.54, 1.807) is 36.5 Å². The van der Waals surface area contributed by atoms with Crippen LogP contribution in [0.4, 0.5) is 0 Å². The zero-order valence-corrected chi connectivity index (χ0v) is 18.7. The average Bonchev–Trinajstić information content (AvgIpc) is 2.81. The molecule has 0 fully saturated rings. The molecule has 0 radical (unpaired) electrons. The molecule has 0 saturated heterocycles. The van der Waals surface area contributed by atoms with Crippen molar-refractivity contribution in [2.75, 3.05) is 14.2 Å². The molecule has 1 heterocycles. The molecule has 2 amide bonds. The van der Waals surface area contributed by atoms with Crippen LogP contribution in [0.5, 0.6) is 17.2 Å². The van der Waals surface area contributed by atoms with Crippen molar-refractivity contribution in [3.8, 4) is 28.4 Å². The largest absolute Gasteiger partial charge is 0.504 e. The number of nitrogens with one attached hydrogen (secondary N) is 2. The van der Waals surface area contributed by atoms with Gasteiger partial charge in [-0.1, -0.05) is 29.8 Å². The summed E-state index contributed by atoms with van der Waals surface area (Å²) in [5.41, 5.74) is 3.73. The predicted molar refractivity (Wildman–Crippen MR) is 125 cm³/mol. The minimum Gasteiger partial charge on any atom is -0.504 e. The van der Waals surface area contributed by atoms with Crippen molar-refractivity contribution in [3.05, 3.63) is 82.5 Å². The van der Waals surface area contributed by atoms with Gasteiger partial charge in [0.1, 0.15) is 0 Å². The van der Waals surface area contributed by atoms with E-state index >= 15 is 0 Å². The third kappa shape index (κ3) is 4.49. The molecule has 3 N–H and O–H groups in total. The SMILES string of the molecule is COc1cc(CN/C=C2\C(=O)NC(=O)c3ccc(-c4ccc(Cl)cc4)cc32)cc(O)c1OC. The number of hydrogen-bond donors (Lipinski definition) is 3. The maximum absolute atomic E-state index is 12.6. The summed E-state index contributed by atoms with van der Waals surface area (Å²) in [5.74, 6) is -0.363. The first kappa shape index (κ1) is 22.2. The van der Waals surface area contributed by atoms with E-state index in [2.05, 4.69) is 10.6 Å². The van der Waals surface area contributed by atoms with Crippen molar-refractivity contribution in [1.29, 1.82) is 0 Å². The van der Waals surface area contributed by atoms with Crippen LogP contribution in [0.15, 0.2) is 60.8 Å². The fourth-order valence-electron chi connectivity index (χ4n) is 3.66. The number of phenolic OH excluding ortho intramolecular Hbond substituents is 1. The second-order valence-electron chi connectivity index (χ2n) is 7.34. The smallest absolute Gasteiger partial charge is 0.260 e. The van der Waals surface area contributed by atoms with Crippen LogP contribution in [-0.4, -0.2) is 31.1 Å². The summed E-state index contributed by atoms with van der Waals surface area (Å²) in [4.78, 5) is 25.0. The molecule has 1 aliphatic heterocycles. The van der Waals surface area contributed by atoms with Gasteiger partial charge < -0.3 is 19.9 Å². The molecule has 1 aliphatic rings. The molecule has 0 aromatic heterocycles. The van der Waals surface area contributed by atoms with Gasteiger partial charge in [0, 0.05) is 28.9 Å². The molecule has 8 heteroatoms. The topological polar surface area (TPSA) is 96.9 Å². The lowest BCUT2D eigenvalue weighted by Crippen LogP contribution is -2.37. The van der Waals surface area contributed by atoms with Crippen LogP contribution >= 0.6 is 11.6 Å². The minimum absolute atomic E-state index is 0.0553. The van der Waals surface area contributed by atoms with Crippen LogP contribution in [0.1, 0.15) is 21.5 Å². The van der Waals surface area contributed by atoms with Crippen molar-refractivity contribution >= 4 is 29.0 Å². The van der Waals surface area contributed by atoms with Crippen molar-refractivity contribution in [2.24, 2.45) is 0 Å². The third-order valence-corrected chi connectivity index (χ3v) is 5.53. The molecule has 0 saturated carbocycles. The van der Waals surface area contributed by atoms with Crippen LogP contribution in [0, 0.1) is 0 Å². The Kier molecular flexibility index (Phi) is 6.24. The molecule has 3 aromatic carbocycles. The number of aromatic hydroxyl groups is 1. The van der Waals surface area contributed by atoms with Crippen LogP contribution in [0.3, 0.4) is 0 Å². The Morgan fingerprint density at radius 2 is 1.67 bits per heavy atom. The number of rotatable bonds is 6. The first-order valence-corrected chi connectivity index (χ1v) is 10.4. The average molecular weight is 465 g/mol. The van der Waals surface area contributed by atoms with Gasteiger partial charge in [-0.05, 0) is 53.1 Å². The lowest BCUT2D eigenvalue weighted by molar-refractivity contribution is -0.114. The lowest BCUT2D eigenvalue weighted by atomic mass is 9.91. The number of carbonyl (C=O) groups is 2. The summed E-state index contributed by atoms with van der Waals surface area (Å²) in [6.07, 6.45) is 1.56. The van der Waals surface area contributed by atoms with Gasteiger partial charge in [0.05, 0.1) is 19.8 Å². The highest BCUT2D eigenvalue weighted by Gasteiger charge is 2.27. The summed E-state index contributed by atoms with van der Waals surface area (Å²) in [7, 11) is 2.92. The van der Waals surface area contributed by atoms with Gasteiger partial charge >= 0.3 is 0 Å². The van der Waals surface area contributed by atoms with Crippen LogP contribution in [-0.2, 0) is 11.3 Å². The zero-order valence-electron chi connectivity index (χ0n) is 17.9. The number of amides is 2. The van der Waals surface area contributed by atoms with Gasteiger partial charge in [-0.3, -0.25) is 14.9 Å². The number of hydrogen-bond acceptors (Lipinski definition) is 6. The fraction of sp³-hybridized carbons (Fsp3) is 0.120. The van der Waals surface area contributed by atoms with E-state index in [-0.39, 0.29) is 11.5 Å². The van der Waals surface area contributed by atoms with E-state index in [1.807, 2.05) is 24.3 Å². The van der Waals surface area contributed by atoms with E-state index in [4.69, 9.17) is 21.1 Å². The fourth-order valence-corrected chi connectivity index (χ4v) is 3.79. The predicted octanol–water partition coefficient (Wildman–Crippen LogP) is 4.13. The number of methoxy groups -OCH3 is 2. The Balaban J connectivity index is 1.64. The highest BCUT2D eigenvalue weighted by Crippen LogP contribution is 2.37. The van der Waals surface area contributed by atoms with Crippen LogP contribution < -0.4 is 20.1 Å². The Morgan fingerprint density at radius 3 is 2.36 bits per heavy atom. The maximum atomic E-state index is 12.6. The molecule has 0 atom stereocenters. The Labute approximate surface area is 195 Å². The van der Waals surface area contributed by atoms with Crippen molar-refractivity contribution in [1.82, 2.24) is 10.6 Å². The molecule has 3 aromatic rings. The van der Waals surface area contributed by atoms with Crippen molar-refractivity contribution in [3.63, 3.8) is 0 Å². The van der Waals surface area contributed by atoms with E-state index in [9.17, 15) is 14.7 Å². The van der Waals surface area contributed by atoms with Gasteiger partial charge in [-0.25, -0.2) is 0 Å². The molecule has 4 rings (SSSR count). The third-order valence-electron chi connectivity index (χ3n) is 5.28. The van der Waals surface area contributed by atoms with Crippen LogP contribution in [0.25, 0.3) is 16.7 Å². The first-order chi connectivity index (χ1) is 15.9. The number of benzene rings is 3. The molecule has 33 heavy (non-hydrogen) atoms. The normalized spacial score (nSPS) is 14.0. The Bertz CT molecular complexity index is 1270. The highest BCUT2D eigenvalue weighted by molar-refractivity contribution is 6.31. The molecular weight excluding hydrogens is 444 g/mol. The summed E-state index contributed by atoms with van der Waals surface area (Å²) in [6.45, 7) is 0.296. The molecule has 7 nitrogen and oxygen atoms in total. The van der Waals surface area contributed by atoms with Crippen LogP contribution in [0.2, 0.25) is 5.02 Å². The quantitative estimate of drug-likeness (QED) is 0.375. The summed E-state index contributed by atoms with van der Waals surface area (Å²) in [6, 6.07) is 15.9. The second-order valence-corrected chi connectivity index (χ2v) is 7.78. The van der Waals surface area contributed by atoms with Gasteiger partial charge in [0.25, 0.3) is 11.8 Å². The van der Waals surface area contributed by atoms with Crippen molar-refractivity contribution < 1.29 is 24.2 Å². The lowest BCUT2D eigenvalue weighted by Gasteiger charge is -2.19. The number of fused-ring (bicyclic) bond motifs is 1. The maximum Gasteiger partial charge on any atom is 0.260 e. The Morgan fingerprint density at radius 1 is 0.939 bits per heavy atom. The van der Waals surface area contributed by atoms with Gasteiger partial charge in [0.15, 0.2) is 11.5 Å². The molecule has 0 bridgehead atoms. The first-order valence-electron chi connectivity index (χ1n) is 10.0. The van der Waals surface area contributed by atoms with Gasteiger partial charge in [-0.2, -0.15) is 0 Å². The van der Waals surface area contributed by atoms with E-state index in [1.165, 1.54) is 14.2 Å². The number of imide groups is 1. The van der Waals surface area contributed by atoms with E-state index < -0.39 is 11.8 Å². The molecule has 0 aliphatic carbocycles. The Hall–Kier alpha value is -3.97. The molecule has 0 unspecified atom stereocenters. The highest BCUT2D eigenvalue weighted by atomic mass is 35.5.